The van der Waals surface area contributed by atoms with Gasteiger partial charge in [0, 0.05) is 19.7 Å². The molecule has 2 rings (SSSR count). The molecule has 2 aromatic carbocycles. The van der Waals surface area contributed by atoms with Gasteiger partial charge in [-0.2, -0.15) is 0 Å². The Hall–Kier alpha value is -2.96. The van der Waals surface area contributed by atoms with Crippen LogP contribution in [0.2, 0.25) is 0 Å². The van der Waals surface area contributed by atoms with Crippen molar-refractivity contribution in [3.63, 3.8) is 0 Å². The summed E-state index contributed by atoms with van der Waals surface area (Å²) in [5.74, 6) is 2.30. The van der Waals surface area contributed by atoms with Crippen LogP contribution >= 0.6 is 0 Å². The lowest BCUT2D eigenvalue weighted by Crippen LogP contribution is -2.40. The number of ether oxygens (including phenoxy) is 3. The molecule has 0 fully saturated rings. The average Bonchev–Trinajstić information content (AvgIpc) is 2.69. The highest BCUT2D eigenvalue weighted by Gasteiger charge is 2.05. The van der Waals surface area contributed by atoms with E-state index in [9.17, 15) is 4.39 Å². The summed E-state index contributed by atoms with van der Waals surface area (Å²) in [6, 6.07) is 11.9. The van der Waals surface area contributed by atoms with Gasteiger partial charge in [0.05, 0.1) is 20.8 Å². The Morgan fingerprint density at radius 3 is 2.48 bits per heavy atom. The number of guanidine groups is 1. The predicted molar refractivity (Wildman–Crippen MR) is 105 cm³/mol. The monoisotopic (exact) mass is 375 g/mol. The van der Waals surface area contributed by atoms with Gasteiger partial charge in [0.2, 0.25) is 0 Å². The van der Waals surface area contributed by atoms with E-state index in [-0.39, 0.29) is 5.82 Å². The Bertz CT molecular complexity index is 753. The van der Waals surface area contributed by atoms with E-state index in [1.807, 2.05) is 18.2 Å². The van der Waals surface area contributed by atoms with Crippen molar-refractivity contribution in [2.45, 2.75) is 6.42 Å². The second kappa shape index (κ2) is 10.9. The van der Waals surface area contributed by atoms with Gasteiger partial charge in [-0.15, -0.1) is 0 Å². The first-order valence-corrected chi connectivity index (χ1v) is 8.70. The fourth-order valence-corrected chi connectivity index (χ4v) is 2.48. The summed E-state index contributed by atoms with van der Waals surface area (Å²) in [4.78, 5) is 4.17. The molecule has 2 aromatic rings. The maximum absolute atomic E-state index is 13.1. The van der Waals surface area contributed by atoms with E-state index in [0.717, 1.165) is 12.0 Å². The van der Waals surface area contributed by atoms with E-state index in [2.05, 4.69) is 15.6 Å². The molecule has 0 spiro atoms. The zero-order chi connectivity index (χ0) is 19.5. The molecule has 0 saturated heterocycles. The molecule has 0 unspecified atom stereocenters. The number of nitrogens with one attached hydrogen (secondary N) is 2. The normalized spacial score (nSPS) is 11.0. The second-order valence-corrected chi connectivity index (χ2v) is 5.67. The van der Waals surface area contributed by atoms with E-state index in [1.54, 1.807) is 33.4 Å². The SMILES string of the molecule is CN=C(NCCOc1cccc(F)c1)NCCc1ccc(OC)c(OC)c1. The number of hydrogen-bond donors (Lipinski definition) is 2. The molecule has 6 nitrogen and oxygen atoms in total. The van der Waals surface area contributed by atoms with Crippen molar-refractivity contribution in [3.05, 3.63) is 53.8 Å². The zero-order valence-electron chi connectivity index (χ0n) is 15.9. The Labute approximate surface area is 159 Å². The Kier molecular flexibility index (Phi) is 8.22. The van der Waals surface area contributed by atoms with Crippen LogP contribution in [0.4, 0.5) is 4.39 Å². The molecule has 0 aromatic heterocycles. The van der Waals surface area contributed by atoms with Gasteiger partial charge in [-0.05, 0) is 36.2 Å². The van der Waals surface area contributed by atoms with E-state index in [1.165, 1.54) is 12.1 Å². The Morgan fingerprint density at radius 2 is 1.78 bits per heavy atom. The first-order valence-electron chi connectivity index (χ1n) is 8.70. The molecule has 0 bridgehead atoms. The van der Waals surface area contributed by atoms with Crippen LogP contribution < -0.4 is 24.8 Å². The maximum Gasteiger partial charge on any atom is 0.191 e. The number of hydrogen-bond acceptors (Lipinski definition) is 4. The third-order valence-corrected chi connectivity index (χ3v) is 3.84. The van der Waals surface area contributed by atoms with Crippen LogP contribution in [0.25, 0.3) is 0 Å². The lowest BCUT2D eigenvalue weighted by molar-refractivity contribution is 0.320. The molecule has 7 heteroatoms. The van der Waals surface area contributed by atoms with Gasteiger partial charge in [0.15, 0.2) is 17.5 Å². The van der Waals surface area contributed by atoms with E-state index >= 15 is 0 Å². The number of nitrogens with zero attached hydrogens (tertiary/aromatic N) is 1. The summed E-state index contributed by atoms with van der Waals surface area (Å²) in [6.45, 7) is 1.66. The summed E-state index contributed by atoms with van der Waals surface area (Å²) < 4.78 is 29.1. The average molecular weight is 375 g/mol. The maximum atomic E-state index is 13.1. The minimum absolute atomic E-state index is 0.312. The molecule has 0 saturated carbocycles. The molecule has 0 aliphatic heterocycles. The van der Waals surface area contributed by atoms with Crippen molar-refractivity contribution in [1.82, 2.24) is 10.6 Å². The molecule has 146 valence electrons. The second-order valence-electron chi connectivity index (χ2n) is 5.67. The molecular formula is C20H26FN3O3. The lowest BCUT2D eigenvalue weighted by Gasteiger charge is -2.13. The highest BCUT2D eigenvalue weighted by atomic mass is 19.1. The minimum Gasteiger partial charge on any atom is -0.493 e. The van der Waals surface area contributed by atoms with Crippen LogP contribution in [0.5, 0.6) is 17.2 Å². The first kappa shape index (κ1) is 20.4. The van der Waals surface area contributed by atoms with Gasteiger partial charge in [-0.1, -0.05) is 12.1 Å². The third kappa shape index (κ3) is 6.69. The summed E-state index contributed by atoms with van der Waals surface area (Å²) >= 11 is 0. The van der Waals surface area contributed by atoms with Crippen LogP contribution in [0.3, 0.4) is 0 Å². The van der Waals surface area contributed by atoms with Gasteiger partial charge in [-0.3, -0.25) is 4.99 Å². The van der Waals surface area contributed by atoms with Crippen molar-refractivity contribution in [1.29, 1.82) is 0 Å². The van der Waals surface area contributed by atoms with Crippen molar-refractivity contribution in [2.24, 2.45) is 4.99 Å². The quantitative estimate of drug-likeness (QED) is 0.401. The Balaban J connectivity index is 1.71. The topological polar surface area (TPSA) is 64.1 Å². The van der Waals surface area contributed by atoms with Gasteiger partial charge < -0.3 is 24.8 Å². The minimum atomic E-state index is -0.312. The highest BCUT2D eigenvalue weighted by Crippen LogP contribution is 2.27. The van der Waals surface area contributed by atoms with E-state index in [4.69, 9.17) is 14.2 Å². The molecule has 27 heavy (non-hydrogen) atoms. The summed E-state index contributed by atoms with van der Waals surface area (Å²) in [5, 5.41) is 6.40. The van der Waals surface area contributed by atoms with Crippen molar-refractivity contribution < 1.29 is 18.6 Å². The number of benzene rings is 2. The number of methoxy groups -OCH3 is 2. The molecule has 0 aliphatic rings. The van der Waals surface area contributed by atoms with E-state index in [0.29, 0.717) is 42.9 Å². The molecule has 2 N–H and O–H groups in total. The summed E-state index contributed by atoms with van der Waals surface area (Å²) in [7, 11) is 4.95. The number of aliphatic imine (C=N–C) groups is 1. The largest absolute Gasteiger partial charge is 0.493 e. The van der Waals surface area contributed by atoms with Crippen LogP contribution in [0.1, 0.15) is 5.56 Å². The van der Waals surface area contributed by atoms with Gasteiger partial charge in [-0.25, -0.2) is 4.39 Å². The Morgan fingerprint density at radius 1 is 1.00 bits per heavy atom. The predicted octanol–water partition coefficient (Wildman–Crippen LogP) is 2.63. The summed E-state index contributed by atoms with van der Waals surface area (Å²) in [6.07, 6.45) is 0.806. The molecule has 0 atom stereocenters. The zero-order valence-corrected chi connectivity index (χ0v) is 15.9. The molecule has 0 aliphatic carbocycles. The van der Waals surface area contributed by atoms with Crippen LogP contribution in [-0.2, 0) is 6.42 Å². The smallest absolute Gasteiger partial charge is 0.191 e. The molecule has 0 radical (unpaired) electrons. The van der Waals surface area contributed by atoms with Crippen LogP contribution in [0, 0.1) is 5.82 Å². The first-order chi connectivity index (χ1) is 13.2. The molecular weight excluding hydrogens is 349 g/mol. The summed E-state index contributed by atoms with van der Waals surface area (Å²) in [5.41, 5.74) is 1.13. The van der Waals surface area contributed by atoms with Crippen molar-refractivity contribution in [3.8, 4) is 17.2 Å². The fraction of sp³-hybridized carbons (Fsp3) is 0.350. The fourth-order valence-electron chi connectivity index (χ4n) is 2.48. The van der Waals surface area contributed by atoms with Crippen LogP contribution in [-0.4, -0.2) is 46.9 Å². The standard InChI is InChI=1S/C20H26FN3O3/c1-22-20(24-11-12-27-17-6-4-5-16(21)14-17)23-10-9-15-7-8-18(25-2)19(13-15)26-3/h4-8,13-14H,9-12H2,1-3H3,(H2,22,23,24). The van der Waals surface area contributed by atoms with Gasteiger partial charge >= 0.3 is 0 Å². The third-order valence-electron chi connectivity index (χ3n) is 3.84. The van der Waals surface area contributed by atoms with Gasteiger partial charge in [0.1, 0.15) is 18.2 Å². The highest BCUT2D eigenvalue weighted by molar-refractivity contribution is 5.79. The lowest BCUT2D eigenvalue weighted by atomic mass is 10.1. The molecule has 0 heterocycles. The number of rotatable bonds is 9. The number of halogens is 1. The van der Waals surface area contributed by atoms with Crippen molar-refractivity contribution >= 4 is 5.96 Å². The van der Waals surface area contributed by atoms with Crippen molar-refractivity contribution in [2.75, 3.05) is 41.0 Å². The van der Waals surface area contributed by atoms with Gasteiger partial charge in [0.25, 0.3) is 0 Å². The van der Waals surface area contributed by atoms with Crippen LogP contribution in [0.15, 0.2) is 47.5 Å². The van der Waals surface area contributed by atoms with E-state index < -0.39 is 0 Å². The molecule has 0 amide bonds.